The first-order valence-corrected chi connectivity index (χ1v) is 10.6. The van der Waals surface area contributed by atoms with Crippen LogP contribution in [0.15, 0.2) is 24.3 Å². The number of phenols is 1. The molecule has 0 aliphatic carbocycles. The number of rotatable bonds is 16. The van der Waals surface area contributed by atoms with Crippen molar-refractivity contribution in [2.45, 2.75) is 103 Å². The van der Waals surface area contributed by atoms with Crippen molar-refractivity contribution in [2.24, 2.45) is 0 Å². The van der Waals surface area contributed by atoms with Gasteiger partial charge in [-0.2, -0.15) is 0 Å². The molecule has 0 spiro atoms. The standard InChI is InChI=1S/C23H38O2/c1-2-3-4-5-6-7-8-9-10-11-12-13-14-15-16-23(25)21-17-19-22(24)20-18-21/h17-20,24H,2-16H2,1H3. The zero-order chi connectivity index (χ0) is 18.2. The summed E-state index contributed by atoms with van der Waals surface area (Å²) in [5, 5.41) is 9.24. The van der Waals surface area contributed by atoms with Crippen molar-refractivity contribution in [2.75, 3.05) is 0 Å². The smallest absolute Gasteiger partial charge is 0.162 e. The summed E-state index contributed by atoms with van der Waals surface area (Å²) in [6.07, 6.45) is 19.3. The van der Waals surface area contributed by atoms with Crippen LogP contribution in [0.1, 0.15) is 114 Å². The number of phenolic OH excluding ortho intramolecular Hbond substituents is 1. The summed E-state index contributed by atoms with van der Waals surface area (Å²) in [6, 6.07) is 6.58. The van der Waals surface area contributed by atoms with Crippen molar-refractivity contribution in [3.8, 4) is 5.75 Å². The third-order valence-electron chi connectivity index (χ3n) is 4.95. The predicted octanol–water partition coefficient (Wildman–Crippen LogP) is 7.45. The van der Waals surface area contributed by atoms with E-state index in [1.807, 2.05) is 0 Å². The minimum atomic E-state index is 0.193. The quantitative estimate of drug-likeness (QED) is 0.249. The second kappa shape index (κ2) is 15.0. The monoisotopic (exact) mass is 346 g/mol. The van der Waals surface area contributed by atoms with E-state index in [0.717, 1.165) is 12.8 Å². The number of carbonyl (C=O) groups excluding carboxylic acids is 1. The summed E-state index contributed by atoms with van der Waals surface area (Å²) in [5.74, 6) is 0.409. The van der Waals surface area contributed by atoms with Crippen molar-refractivity contribution in [1.29, 1.82) is 0 Å². The maximum Gasteiger partial charge on any atom is 0.162 e. The Morgan fingerprint density at radius 1 is 0.680 bits per heavy atom. The molecule has 1 aromatic rings. The van der Waals surface area contributed by atoms with Gasteiger partial charge in [-0.3, -0.25) is 4.79 Å². The fourth-order valence-electron chi connectivity index (χ4n) is 3.27. The van der Waals surface area contributed by atoms with Gasteiger partial charge in [0.25, 0.3) is 0 Å². The molecule has 2 heteroatoms. The van der Waals surface area contributed by atoms with Crippen LogP contribution in [0, 0.1) is 0 Å². The zero-order valence-corrected chi connectivity index (χ0v) is 16.3. The molecule has 0 fully saturated rings. The van der Waals surface area contributed by atoms with Crippen LogP contribution in [0.2, 0.25) is 0 Å². The maximum atomic E-state index is 12.0. The van der Waals surface area contributed by atoms with E-state index in [2.05, 4.69) is 6.92 Å². The van der Waals surface area contributed by atoms with Gasteiger partial charge < -0.3 is 5.11 Å². The minimum absolute atomic E-state index is 0.193. The van der Waals surface area contributed by atoms with Crippen molar-refractivity contribution in [1.82, 2.24) is 0 Å². The number of benzene rings is 1. The Kier molecular flexibility index (Phi) is 13.0. The fraction of sp³-hybridized carbons (Fsp3) is 0.696. The second-order valence-corrected chi connectivity index (χ2v) is 7.32. The van der Waals surface area contributed by atoms with E-state index in [0.29, 0.717) is 12.0 Å². The molecule has 0 radical (unpaired) electrons. The van der Waals surface area contributed by atoms with E-state index < -0.39 is 0 Å². The lowest BCUT2D eigenvalue weighted by Crippen LogP contribution is -1.98. The van der Waals surface area contributed by atoms with Gasteiger partial charge in [0.2, 0.25) is 0 Å². The van der Waals surface area contributed by atoms with Crippen molar-refractivity contribution in [3.63, 3.8) is 0 Å². The van der Waals surface area contributed by atoms with Gasteiger partial charge in [0.15, 0.2) is 5.78 Å². The molecular formula is C23H38O2. The van der Waals surface area contributed by atoms with E-state index in [4.69, 9.17) is 0 Å². The van der Waals surface area contributed by atoms with Crippen molar-refractivity contribution in [3.05, 3.63) is 29.8 Å². The van der Waals surface area contributed by atoms with E-state index in [9.17, 15) is 9.90 Å². The van der Waals surface area contributed by atoms with Gasteiger partial charge in [0.05, 0.1) is 0 Å². The summed E-state index contributed by atoms with van der Waals surface area (Å²) in [7, 11) is 0. The van der Waals surface area contributed by atoms with E-state index in [-0.39, 0.29) is 11.5 Å². The number of aromatic hydroxyl groups is 1. The number of Topliss-reactive ketones (excluding diaryl/α,β-unsaturated/α-hetero) is 1. The molecule has 0 amide bonds. The van der Waals surface area contributed by atoms with Crippen LogP contribution in [0.5, 0.6) is 5.75 Å². The highest BCUT2D eigenvalue weighted by Crippen LogP contribution is 2.15. The van der Waals surface area contributed by atoms with Crippen LogP contribution in [0.3, 0.4) is 0 Å². The highest BCUT2D eigenvalue weighted by Gasteiger charge is 2.05. The normalized spacial score (nSPS) is 10.9. The SMILES string of the molecule is CCCCCCCCCCCCCCCCC(=O)c1ccc(O)cc1. The Morgan fingerprint density at radius 3 is 1.52 bits per heavy atom. The van der Waals surface area contributed by atoms with Gasteiger partial charge in [-0.05, 0) is 30.7 Å². The summed E-state index contributed by atoms with van der Waals surface area (Å²) in [5.41, 5.74) is 0.715. The summed E-state index contributed by atoms with van der Waals surface area (Å²) in [6.45, 7) is 2.27. The molecule has 0 bridgehead atoms. The lowest BCUT2D eigenvalue weighted by molar-refractivity contribution is 0.0979. The molecule has 2 nitrogen and oxygen atoms in total. The van der Waals surface area contributed by atoms with Crippen molar-refractivity contribution < 1.29 is 9.90 Å². The van der Waals surface area contributed by atoms with Gasteiger partial charge in [-0.25, -0.2) is 0 Å². The predicted molar refractivity (Wildman–Crippen MR) is 107 cm³/mol. The summed E-state index contributed by atoms with van der Waals surface area (Å²) in [4.78, 5) is 12.0. The van der Waals surface area contributed by atoms with Crippen LogP contribution in [-0.4, -0.2) is 10.9 Å². The Hall–Kier alpha value is -1.31. The van der Waals surface area contributed by atoms with Gasteiger partial charge in [-0.1, -0.05) is 90.4 Å². The lowest BCUT2D eigenvalue weighted by atomic mass is 10.0. The number of ketones is 1. The lowest BCUT2D eigenvalue weighted by Gasteiger charge is -2.04. The first kappa shape index (κ1) is 21.7. The van der Waals surface area contributed by atoms with Crippen LogP contribution in [0.25, 0.3) is 0 Å². The van der Waals surface area contributed by atoms with Gasteiger partial charge in [0, 0.05) is 12.0 Å². The van der Waals surface area contributed by atoms with Gasteiger partial charge in [0.1, 0.15) is 5.75 Å². The zero-order valence-electron chi connectivity index (χ0n) is 16.3. The molecule has 0 aromatic heterocycles. The largest absolute Gasteiger partial charge is 0.508 e. The molecule has 0 saturated carbocycles. The van der Waals surface area contributed by atoms with Gasteiger partial charge >= 0.3 is 0 Å². The first-order valence-electron chi connectivity index (χ1n) is 10.6. The van der Waals surface area contributed by atoms with Gasteiger partial charge in [-0.15, -0.1) is 0 Å². The average Bonchev–Trinajstić information content (AvgIpc) is 2.62. The van der Waals surface area contributed by atoms with Crippen LogP contribution >= 0.6 is 0 Å². The third-order valence-corrected chi connectivity index (χ3v) is 4.95. The highest BCUT2D eigenvalue weighted by atomic mass is 16.3. The number of carbonyl (C=O) groups is 1. The topological polar surface area (TPSA) is 37.3 Å². The van der Waals surface area contributed by atoms with Crippen LogP contribution < -0.4 is 0 Å². The third kappa shape index (κ3) is 11.8. The number of unbranched alkanes of at least 4 members (excludes halogenated alkanes) is 13. The Balaban J connectivity index is 1.84. The average molecular weight is 347 g/mol. The van der Waals surface area contributed by atoms with Crippen LogP contribution in [-0.2, 0) is 0 Å². The molecular weight excluding hydrogens is 308 g/mol. The summed E-state index contributed by atoms with van der Waals surface area (Å²) < 4.78 is 0. The molecule has 142 valence electrons. The van der Waals surface area contributed by atoms with Crippen LogP contribution in [0.4, 0.5) is 0 Å². The molecule has 0 aliphatic heterocycles. The molecule has 1 rings (SSSR count). The van der Waals surface area contributed by atoms with E-state index in [1.54, 1.807) is 24.3 Å². The molecule has 0 atom stereocenters. The fourth-order valence-corrected chi connectivity index (χ4v) is 3.27. The maximum absolute atomic E-state index is 12.0. The summed E-state index contributed by atoms with van der Waals surface area (Å²) >= 11 is 0. The Bertz CT molecular complexity index is 436. The molecule has 0 aliphatic rings. The van der Waals surface area contributed by atoms with E-state index >= 15 is 0 Å². The molecule has 1 N–H and O–H groups in total. The number of hydrogen-bond donors (Lipinski definition) is 1. The molecule has 0 heterocycles. The molecule has 0 saturated heterocycles. The van der Waals surface area contributed by atoms with Crippen molar-refractivity contribution >= 4 is 5.78 Å². The highest BCUT2D eigenvalue weighted by molar-refractivity contribution is 5.96. The Morgan fingerprint density at radius 2 is 1.08 bits per heavy atom. The molecule has 0 unspecified atom stereocenters. The second-order valence-electron chi connectivity index (χ2n) is 7.32. The Labute approximate surface area is 155 Å². The minimum Gasteiger partial charge on any atom is -0.508 e. The first-order chi connectivity index (χ1) is 12.2. The molecule has 25 heavy (non-hydrogen) atoms. The molecule has 1 aromatic carbocycles. The van der Waals surface area contributed by atoms with E-state index in [1.165, 1.54) is 77.0 Å². The number of hydrogen-bond acceptors (Lipinski definition) is 2.